The molecule has 4 aromatic carbocycles. The Bertz CT molecular complexity index is 2510. The summed E-state index contributed by atoms with van der Waals surface area (Å²) in [5.41, 5.74) is 11.5. The number of aliphatic imine (C=N–C) groups is 4. The summed E-state index contributed by atoms with van der Waals surface area (Å²) in [5.74, 6) is 1.82. The molecule has 4 aromatic rings. The molecule has 0 bridgehead atoms. The molecule has 6 aliphatic rings. The highest BCUT2D eigenvalue weighted by molar-refractivity contribution is 6.42. The second-order valence-corrected chi connectivity index (χ2v) is 17.5. The van der Waals surface area contributed by atoms with Crippen molar-refractivity contribution in [2.45, 2.75) is 97.2 Å². The van der Waals surface area contributed by atoms with Crippen LogP contribution in [0.1, 0.15) is 104 Å². The SMILES string of the molecule is C.COC1CCN(C2=NCc3c2cc2c(c3Cl)CC(C(=O)N[C@H](C)c3ccccc3)=N2)CC1.COC1CCN(C2=NCc3cc4c(cc32)N=C(C(=O)N[C@H](C)c2ccccc2)C4)CC1. The third-order valence-corrected chi connectivity index (χ3v) is 13.7. The van der Waals surface area contributed by atoms with Gasteiger partial charge in [-0.3, -0.25) is 19.6 Å². The van der Waals surface area contributed by atoms with Crippen molar-refractivity contribution < 1.29 is 19.1 Å². The van der Waals surface area contributed by atoms with E-state index in [0.29, 0.717) is 54.6 Å². The Balaban J connectivity index is 0.000000172. The third kappa shape index (κ3) is 9.27. The summed E-state index contributed by atoms with van der Waals surface area (Å²) in [4.78, 5) is 49.4. The molecule has 13 heteroatoms. The quantitative estimate of drug-likeness (QED) is 0.183. The van der Waals surface area contributed by atoms with Gasteiger partial charge in [0, 0.05) is 75.5 Å². The van der Waals surface area contributed by atoms with E-state index in [4.69, 9.17) is 36.1 Å². The van der Waals surface area contributed by atoms with Crippen LogP contribution >= 0.6 is 11.6 Å². The van der Waals surface area contributed by atoms with Crippen LogP contribution in [0.15, 0.2) is 98.8 Å². The van der Waals surface area contributed by atoms with Crippen LogP contribution in [-0.2, 0) is 45.0 Å². The van der Waals surface area contributed by atoms with E-state index in [1.54, 1.807) is 14.2 Å². The minimum Gasteiger partial charge on any atom is -0.381 e. The van der Waals surface area contributed by atoms with E-state index in [-0.39, 0.29) is 31.3 Å². The molecule has 0 saturated carbocycles. The average molecular weight is 884 g/mol. The van der Waals surface area contributed by atoms with Crippen LogP contribution in [-0.4, -0.2) is 97.3 Å². The van der Waals surface area contributed by atoms with Gasteiger partial charge in [0.2, 0.25) is 0 Å². The molecule has 6 aliphatic heterocycles. The number of benzene rings is 4. The fourth-order valence-corrected chi connectivity index (χ4v) is 9.76. The molecule has 0 radical (unpaired) electrons. The fourth-order valence-electron chi connectivity index (χ4n) is 9.44. The lowest BCUT2D eigenvalue weighted by molar-refractivity contribution is -0.116. The predicted octanol–water partition coefficient (Wildman–Crippen LogP) is 8.42. The second-order valence-electron chi connectivity index (χ2n) is 17.2. The van der Waals surface area contributed by atoms with Crippen molar-refractivity contribution >= 4 is 57.9 Å². The van der Waals surface area contributed by atoms with Crippen molar-refractivity contribution in [2.75, 3.05) is 40.4 Å². The van der Waals surface area contributed by atoms with E-state index < -0.39 is 0 Å². The van der Waals surface area contributed by atoms with Gasteiger partial charge < -0.3 is 29.9 Å². The summed E-state index contributed by atoms with van der Waals surface area (Å²) in [6.07, 6.45) is 5.72. The Labute approximate surface area is 381 Å². The second kappa shape index (κ2) is 19.6. The van der Waals surface area contributed by atoms with Crippen molar-refractivity contribution in [1.82, 2.24) is 20.4 Å². The Kier molecular flexibility index (Phi) is 13.7. The summed E-state index contributed by atoms with van der Waals surface area (Å²) in [6.45, 7) is 9.01. The van der Waals surface area contributed by atoms with Crippen LogP contribution in [0.25, 0.3) is 0 Å². The number of nitrogens with zero attached hydrogens (tertiary/aromatic N) is 6. The molecule has 0 aliphatic carbocycles. The lowest BCUT2D eigenvalue weighted by atomic mass is 9.99. The molecule has 2 amide bonds. The van der Waals surface area contributed by atoms with E-state index in [2.05, 4.69) is 43.6 Å². The molecule has 2 N–H and O–H groups in total. The standard InChI is InChI=1S/C25H27ClN4O2.C25H28N4O2.CH4/c1-15(16-6-4-3-5-7-16)28-25(31)22-13-19-21(29-22)12-18-20(23(19)26)14-27-24(18)30-10-8-17(32-2)9-11-30;1-16(17-6-4-3-5-7-17)27-25(30)23-13-18-12-19-15-26-24(21(19)14-22(18)28-23)29-10-8-20(31-2)9-11-29;/h3-7,12,15,17H,8-11,13-14H2,1-2H3,(H,28,31);3-7,12,14,16,20H,8-11,13,15H2,1-2H3,(H,27,30);1H4/t15-;16-;/m11./s1. The summed E-state index contributed by atoms with van der Waals surface area (Å²) in [5, 5.41) is 6.85. The zero-order valence-electron chi connectivity index (χ0n) is 36.5. The number of nitrogens with one attached hydrogen (secondary N) is 2. The Hall–Kier alpha value is -5.69. The Morgan fingerprint density at radius 2 is 1.12 bits per heavy atom. The number of carbonyl (C=O) groups excluding carboxylic acids is 2. The summed E-state index contributed by atoms with van der Waals surface area (Å²) >= 11 is 6.80. The number of rotatable bonds is 8. The van der Waals surface area contributed by atoms with Crippen molar-refractivity contribution in [3.05, 3.63) is 128 Å². The van der Waals surface area contributed by atoms with Crippen LogP contribution in [0, 0.1) is 0 Å². The number of carbonyl (C=O) groups is 2. The van der Waals surface area contributed by atoms with Gasteiger partial charge in [-0.1, -0.05) is 85.8 Å². The van der Waals surface area contributed by atoms with Crippen LogP contribution in [0.2, 0.25) is 5.02 Å². The number of hydrogen-bond donors (Lipinski definition) is 2. The van der Waals surface area contributed by atoms with Crippen LogP contribution in [0.5, 0.6) is 0 Å². The lowest BCUT2D eigenvalue weighted by Gasteiger charge is -2.33. The number of likely N-dealkylation sites (tertiary alicyclic amines) is 2. The first-order chi connectivity index (χ1) is 30.7. The number of hydrogen-bond acceptors (Lipinski definition) is 10. The minimum absolute atomic E-state index is 0. The summed E-state index contributed by atoms with van der Waals surface area (Å²) in [7, 11) is 3.57. The maximum Gasteiger partial charge on any atom is 0.266 e. The van der Waals surface area contributed by atoms with Gasteiger partial charge in [0.15, 0.2) is 0 Å². The smallest absolute Gasteiger partial charge is 0.266 e. The summed E-state index contributed by atoms with van der Waals surface area (Å²) in [6, 6.07) is 26.1. The number of amidine groups is 2. The topological polar surface area (TPSA) is 133 Å². The molecule has 0 aromatic heterocycles. The van der Waals surface area contributed by atoms with E-state index in [9.17, 15) is 9.59 Å². The van der Waals surface area contributed by atoms with Crippen LogP contribution < -0.4 is 10.6 Å². The molecule has 10 rings (SSSR count). The van der Waals surface area contributed by atoms with Gasteiger partial charge in [0.1, 0.15) is 23.1 Å². The van der Waals surface area contributed by atoms with Gasteiger partial charge in [-0.05, 0) is 73.9 Å². The molecule has 6 heterocycles. The molecule has 2 fully saturated rings. The molecule has 2 atom stereocenters. The van der Waals surface area contributed by atoms with Crippen molar-refractivity contribution in [3.63, 3.8) is 0 Å². The van der Waals surface area contributed by atoms with E-state index in [1.165, 1.54) is 5.56 Å². The lowest BCUT2D eigenvalue weighted by Crippen LogP contribution is -2.40. The Morgan fingerprint density at radius 3 is 1.67 bits per heavy atom. The van der Waals surface area contributed by atoms with Gasteiger partial charge >= 0.3 is 0 Å². The van der Waals surface area contributed by atoms with Crippen LogP contribution in [0.4, 0.5) is 11.4 Å². The molecule has 64 heavy (non-hydrogen) atoms. The number of fused-ring (bicyclic) bond motifs is 4. The van der Waals surface area contributed by atoms with E-state index >= 15 is 0 Å². The highest BCUT2D eigenvalue weighted by Gasteiger charge is 2.33. The maximum absolute atomic E-state index is 12.9. The van der Waals surface area contributed by atoms with Crippen LogP contribution in [0.3, 0.4) is 0 Å². The number of amides is 2. The van der Waals surface area contributed by atoms with Gasteiger partial charge in [0.05, 0.1) is 53.8 Å². The number of piperidine rings is 2. The zero-order valence-corrected chi connectivity index (χ0v) is 37.3. The molecular weight excluding hydrogens is 824 g/mol. The summed E-state index contributed by atoms with van der Waals surface area (Å²) < 4.78 is 11.0. The number of halogens is 1. The maximum atomic E-state index is 12.9. The molecule has 0 unspecified atom stereocenters. The molecule has 12 nitrogen and oxygen atoms in total. The molecule has 2 saturated heterocycles. The number of methoxy groups -OCH3 is 2. The molecule has 0 spiro atoms. The minimum atomic E-state index is -0.149. The van der Waals surface area contributed by atoms with Gasteiger partial charge in [0.25, 0.3) is 11.8 Å². The largest absolute Gasteiger partial charge is 0.381 e. The van der Waals surface area contributed by atoms with Crippen molar-refractivity contribution in [3.8, 4) is 0 Å². The third-order valence-electron chi connectivity index (χ3n) is 13.2. The first kappa shape index (κ1) is 44.9. The van der Waals surface area contributed by atoms with Gasteiger partial charge in [-0.2, -0.15) is 0 Å². The highest BCUT2D eigenvalue weighted by Crippen LogP contribution is 2.41. The van der Waals surface area contributed by atoms with Crippen molar-refractivity contribution in [1.29, 1.82) is 0 Å². The normalized spacial score (nSPS) is 18.5. The fraction of sp³-hybridized carbons (Fsp3) is 0.412. The van der Waals surface area contributed by atoms with Crippen molar-refractivity contribution in [2.24, 2.45) is 20.0 Å². The predicted molar refractivity (Wildman–Crippen MR) is 256 cm³/mol. The van der Waals surface area contributed by atoms with E-state index in [1.807, 2.05) is 74.5 Å². The monoisotopic (exact) mass is 882 g/mol. The van der Waals surface area contributed by atoms with E-state index in [0.717, 1.165) is 114 Å². The average Bonchev–Trinajstić information content (AvgIpc) is 4.14. The highest BCUT2D eigenvalue weighted by atomic mass is 35.5. The first-order valence-corrected chi connectivity index (χ1v) is 22.6. The molecule has 334 valence electrons. The van der Waals surface area contributed by atoms with Gasteiger partial charge in [-0.25, -0.2) is 9.98 Å². The number of ether oxygens (including phenoxy) is 2. The molecular formula is C51H59ClN8O4. The van der Waals surface area contributed by atoms with Gasteiger partial charge in [-0.15, -0.1) is 0 Å². The Morgan fingerprint density at radius 1 is 0.641 bits per heavy atom. The first-order valence-electron chi connectivity index (χ1n) is 22.2. The zero-order chi connectivity index (χ0) is 43.6.